The molecule has 0 saturated carbocycles. The van der Waals surface area contributed by atoms with Gasteiger partial charge in [-0.1, -0.05) is 11.6 Å². The van der Waals surface area contributed by atoms with Crippen molar-refractivity contribution in [1.82, 2.24) is 15.2 Å². The molecule has 120 valence electrons. The van der Waals surface area contributed by atoms with E-state index in [2.05, 4.69) is 20.5 Å². The molecule has 0 aliphatic carbocycles. The number of nitrogens with zero attached hydrogens (tertiary/aromatic N) is 1. The third kappa shape index (κ3) is 2.60. The molecule has 0 unspecified atom stereocenters. The molecule has 4 rings (SSSR count). The summed E-state index contributed by atoms with van der Waals surface area (Å²) in [6.45, 7) is 1.95. The molecule has 24 heavy (non-hydrogen) atoms. The van der Waals surface area contributed by atoms with Crippen LogP contribution in [0, 0.1) is 6.92 Å². The average molecular weight is 357 g/mol. The lowest BCUT2D eigenvalue weighted by atomic mass is 10.1. The Morgan fingerprint density at radius 2 is 2.17 bits per heavy atom. The first-order valence-corrected chi connectivity index (χ1v) is 8.49. The lowest BCUT2D eigenvalue weighted by Crippen LogP contribution is -2.12. The lowest BCUT2D eigenvalue weighted by Gasteiger charge is -2.09. The van der Waals surface area contributed by atoms with Crippen molar-refractivity contribution in [2.24, 2.45) is 0 Å². The zero-order chi connectivity index (χ0) is 16.7. The molecule has 4 aromatic rings. The van der Waals surface area contributed by atoms with Crippen molar-refractivity contribution in [1.29, 1.82) is 0 Å². The van der Waals surface area contributed by atoms with Crippen LogP contribution in [0.5, 0.6) is 0 Å². The molecule has 0 spiro atoms. The molecule has 0 aliphatic rings. The minimum Gasteiger partial charge on any atom is -0.366 e. The Bertz CT molecular complexity index is 1050. The molecule has 0 atom stereocenters. The van der Waals surface area contributed by atoms with E-state index in [0.29, 0.717) is 9.90 Å². The SMILES string of the molecule is Cc1cc2[nH]ncc2cc1NC(=O)c1c[nH]cc1-c1ccc(Cl)s1. The number of anilines is 1. The molecule has 1 amide bonds. The number of thiophene rings is 1. The number of aryl methyl sites for hydroxylation is 1. The Labute approximate surface area is 146 Å². The van der Waals surface area contributed by atoms with E-state index in [-0.39, 0.29) is 5.91 Å². The smallest absolute Gasteiger partial charge is 0.257 e. The van der Waals surface area contributed by atoms with Crippen molar-refractivity contribution in [2.75, 3.05) is 5.32 Å². The van der Waals surface area contributed by atoms with Crippen LogP contribution in [-0.4, -0.2) is 21.1 Å². The van der Waals surface area contributed by atoms with E-state index in [1.54, 1.807) is 12.4 Å². The maximum absolute atomic E-state index is 12.7. The monoisotopic (exact) mass is 356 g/mol. The first kappa shape index (κ1) is 15.0. The number of benzene rings is 1. The number of fused-ring (bicyclic) bond motifs is 1. The number of amides is 1. The highest BCUT2D eigenvalue weighted by Gasteiger charge is 2.16. The topological polar surface area (TPSA) is 73.6 Å². The highest BCUT2D eigenvalue weighted by Crippen LogP contribution is 2.33. The van der Waals surface area contributed by atoms with Crippen molar-refractivity contribution in [3.05, 3.63) is 58.3 Å². The third-order valence-electron chi connectivity index (χ3n) is 3.86. The molecule has 1 aromatic carbocycles. The molecule has 0 radical (unpaired) electrons. The number of aromatic amines is 2. The van der Waals surface area contributed by atoms with Gasteiger partial charge in [-0.2, -0.15) is 5.10 Å². The van der Waals surface area contributed by atoms with Gasteiger partial charge in [-0.15, -0.1) is 11.3 Å². The highest BCUT2D eigenvalue weighted by atomic mass is 35.5. The van der Waals surface area contributed by atoms with Gasteiger partial charge in [-0.25, -0.2) is 0 Å². The van der Waals surface area contributed by atoms with Gasteiger partial charge in [0.2, 0.25) is 0 Å². The van der Waals surface area contributed by atoms with Crippen LogP contribution in [0.15, 0.2) is 42.9 Å². The number of H-pyrrole nitrogens is 2. The standard InChI is InChI=1S/C17H13ClN4OS/c1-9-4-14-10(6-20-22-14)5-13(9)21-17(23)12-8-19-7-11(12)15-2-3-16(18)24-15/h2-8,19H,1H3,(H,20,22)(H,21,23). The van der Waals surface area contributed by atoms with Gasteiger partial charge in [0.15, 0.2) is 0 Å². The van der Waals surface area contributed by atoms with Gasteiger partial charge < -0.3 is 10.3 Å². The Morgan fingerprint density at radius 1 is 1.29 bits per heavy atom. The largest absolute Gasteiger partial charge is 0.366 e. The number of hydrogen-bond acceptors (Lipinski definition) is 3. The van der Waals surface area contributed by atoms with Gasteiger partial charge in [0, 0.05) is 33.9 Å². The van der Waals surface area contributed by atoms with Crippen molar-refractivity contribution in [3.8, 4) is 10.4 Å². The predicted octanol–water partition coefficient (Wildman–Crippen LogP) is 4.83. The van der Waals surface area contributed by atoms with Crippen molar-refractivity contribution in [3.63, 3.8) is 0 Å². The third-order valence-corrected chi connectivity index (χ3v) is 5.13. The Kier molecular flexibility index (Phi) is 3.63. The summed E-state index contributed by atoms with van der Waals surface area (Å²) in [6.07, 6.45) is 5.24. The van der Waals surface area contributed by atoms with Gasteiger partial charge in [0.25, 0.3) is 5.91 Å². The van der Waals surface area contributed by atoms with E-state index in [9.17, 15) is 4.79 Å². The van der Waals surface area contributed by atoms with E-state index in [0.717, 1.165) is 32.6 Å². The molecule has 5 nitrogen and oxygen atoms in total. The van der Waals surface area contributed by atoms with Gasteiger partial charge in [-0.3, -0.25) is 9.89 Å². The van der Waals surface area contributed by atoms with E-state index in [1.807, 2.05) is 37.4 Å². The van der Waals surface area contributed by atoms with Gasteiger partial charge >= 0.3 is 0 Å². The van der Waals surface area contributed by atoms with Crippen LogP contribution >= 0.6 is 22.9 Å². The summed E-state index contributed by atoms with van der Waals surface area (Å²) in [5.74, 6) is -0.165. The zero-order valence-electron chi connectivity index (χ0n) is 12.7. The molecule has 0 bridgehead atoms. The van der Waals surface area contributed by atoms with Crippen molar-refractivity contribution >= 4 is 45.4 Å². The summed E-state index contributed by atoms with van der Waals surface area (Å²) < 4.78 is 0.693. The Balaban J connectivity index is 1.67. The van der Waals surface area contributed by atoms with Crippen LogP contribution in [-0.2, 0) is 0 Å². The number of hydrogen-bond donors (Lipinski definition) is 3. The number of carbonyl (C=O) groups excluding carboxylic acids is 1. The van der Waals surface area contributed by atoms with Crippen LogP contribution in [0.1, 0.15) is 15.9 Å². The van der Waals surface area contributed by atoms with Crippen LogP contribution in [0.3, 0.4) is 0 Å². The van der Waals surface area contributed by atoms with E-state index in [4.69, 9.17) is 11.6 Å². The molecular weight excluding hydrogens is 344 g/mol. The van der Waals surface area contributed by atoms with Crippen LogP contribution in [0.2, 0.25) is 4.34 Å². The summed E-state index contributed by atoms with van der Waals surface area (Å²) in [5.41, 5.74) is 4.11. The fourth-order valence-corrected chi connectivity index (χ4v) is 3.71. The second kappa shape index (κ2) is 5.81. The summed E-state index contributed by atoms with van der Waals surface area (Å²) in [6, 6.07) is 7.62. The summed E-state index contributed by atoms with van der Waals surface area (Å²) in [5, 5.41) is 10.9. The lowest BCUT2D eigenvalue weighted by molar-refractivity contribution is 0.102. The Morgan fingerprint density at radius 3 is 2.96 bits per heavy atom. The first-order valence-electron chi connectivity index (χ1n) is 7.29. The van der Waals surface area contributed by atoms with Crippen molar-refractivity contribution in [2.45, 2.75) is 6.92 Å². The second-order valence-corrected chi connectivity index (χ2v) is 7.18. The van der Waals surface area contributed by atoms with Crippen LogP contribution < -0.4 is 5.32 Å². The molecule has 3 aromatic heterocycles. The van der Waals surface area contributed by atoms with Crippen LogP contribution in [0.25, 0.3) is 21.3 Å². The predicted molar refractivity (Wildman–Crippen MR) is 97.9 cm³/mol. The fraction of sp³-hybridized carbons (Fsp3) is 0.0588. The molecule has 0 aliphatic heterocycles. The number of rotatable bonds is 3. The first-order chi connectivity index (χ1) is 11.6. The molecule has 7 heteroatoms. The maximum Gasteiger partial charge on any atom is 0.257 e. The van der Waals surface area contributed by atoms with E-state index >= 15 is 0 Å². The normalized spacial score (nSPS) is 11.1. The summed E-state index contributed by atoms with van der Waals surface area (Å²) >= 11 is 7.45. The zero-order valence-corrected chi connectivity index (χ0v) is 14.3. The number of carbonyl (C=O) groups is 1. The second-order valence-electron chi connectivity index (χ2n) is 5.46. The van der Waals surface area contributed by atoms with Crippen LogP contribution in [0.4, 0.5) is 5.69 Å². The number of aromatic nitrogens is 3. The average Bonchev–Trinajstić information content (AvgIpc) is 3.26. The molecule has 3 N–H and O–H groups in total. The van der Waals surface area contributed by atoms with Gasteiger partial charge in [0.1, 0.15) is 0 Å². The number of nitrogens with one attached hydrogen (secondary N) is 3. The highest BCUT2D eigenvalue weighted by molar-refractivity contribution is 7.19. The minimum atomic E-state index is -0.165. The van der Waals surface area contributed by atoms with Gasteiger partial charge in [0.05, 0.1) is 21.6 Å². The van der Waals surface area contributed by atoms with E-state index < -0.39 is 0 Å². The molecule has 3 heterocycles. The summed E-state index contributed by atoms with van der Waals surface area (Å²) in [7, 11) is 0. The van der Waals surface area contributed by atoms with E-state index in [1.165, 1.54) is 11.3 Å². The maximum atomic E-state index is 12.7. The number of halogens is 1. The van der Waals surface area contributed by atoms with Gasteiger partial charge in [-0.05, 0) is 36.8 Å². The minimum absolute atomic E-state index is 0.165. The quantitative estimate of drug-likeness (QED) is 0.491. The van der Waals surface area contributed by atoms with Crippen molar-refractivity contribution < 1.29 is 4.79 Å². The Hall–Kier alpha value is -2.57. The molecular formula is C17H13ClN4OS. The fourth-order valence-electron chi connectivity index (χ4n) is 2.64. The molecule has 0 saturated heterocycles. The summed E-state index contributed by atoms with van der Waals surface area (Å²) in [4.78, 5) is 16.7. The molecule has 0 fully saturated rings.